The van der Waals surface area contributed by atoms with Gasteiger partial charge in [-0.25, -0.2) is 4.98 Å². The molecule has 0 aliphatic heterocycles. The molecule has 4 amide bonds. The lowest BCUT2D eigenvalue weighted by Crippen LogP contribution is -2.57. The Labute approximate surface area is 299 Å². The van der Waals surface area contributed by atoms with Crippen molar-refractivity contribution in [3.63, 3.8) is 0 Å². The first-order valence-electron chi connectivity index (χ1n) is 16.3. The second kappa shape index (κ2) is 20.1. The molecule has 274 valence electrons. The largest absolute Gasteiger partial charge is 0.370 e. The summed E-state index contributed by atoms with van der Waals surface area (Å²) in [6.07, 6.45) is 0.768. The molecule has 51 heavy (non-hydrogen) atoms. The van der Waals surface area contributed by atoms with Gasteiger partial charge >= 0.3 is 0 Å². The third kappa shape index (κ3) is 13.7. The van der Waals surface area contributed by atoms with Crippen molar-refractivity contribution in [1.82, 2.24) is 20.9 Å². The highest BCUT2D eigenvalue weighted by Gasteiger charge is 2.32. The maximum absolute atomic E-state index is 14.0. The number of hydrogen-bond donors (Lipinski definition) is 9. The summed E-state index contributed by atoms with van der Waals surface area (Å²) in [5.74, 6) is -3.39. The Morgan fingerprint density at radius 1 is 0.686 bits per heavy atom. The van der Waals surface area contributed by atoms with E-state index < -0.39 is 53.6 Å². The zero-order chi connectivity index (χ0) is 37.3. The molecule has 3 aromatic rings. The molecular weight excluding hydrogens is 677 g/mol. The molecule has 4 atom stereocenters. The molecule has 15 N–H and O–H groups in total. The fourth-order valence-corrected chi connectivity index (χ4v) is 5.95. The molecule has 0 aliphatic rings. The number of nitrogens with one attached hydrogen (secondary N) is 3. The van der Waals surface area contributed by atoms with Crippen molar-refractivity contribution in [2.24, 2.45) is 44.4 Å². The average Bonchev–Trinajstić information content (AvgIpc) is 3.53. The molecule has 0 fully saturated rings. The van der Waals surface area contributed by atoms with Crippen LogP contribution < -0.4 is 50.4 Å². The Morgan fingerprint density at radius 3 is 1.88 bits per heavy atom. The maximum Gasteiger partial charge on any atom is 0.243 e. The highest BCUT2D eigenvalue weighted by atomic mass is 32.1. The lowest BCUT2D eigenvalue weighted by molar-refractivity contribution is -0.133. The van der Waals surface area contributed by atoms with Gasteiger partial charge in [-0.15, -0.1) is 11.3 Å². The minimum atomic E-state index is -1.26. The van der Waals surface area contributed by atoms with Crippen LogP contribution >= 0.6 is 11.3 Å². The SMILES string of the molecule is NC(=O)CC[C@H](NC(=O)[C@@H](N)CCCN=C(N)N)C(=O)N[C@@H](Cc1ccccc1)C(=O)N[C@@H](CCCN=C(N)N)C(=O)c1nc2ccccc2s1. The quantitative estimate of drug-likeness (QED) is 0.0274. The molecule has 0 saturated carbocycles. The number of nitrogens with two attached hydrogens (primary N) is 6. The van der Waals surface area contributed by atoms with Crippen LogP contribution in [0, 0.1) is 0 Å². The molecule has 0 aliphatic carbocycles. The third-order valence-corrected chi connectivity index (χ3v) is 8.67. The first-order valence-corrected chi connectivity index (χ1v) is 17.1. The van der Waals surface area contributed by atoms with Crippen molar-refractivity contribution in [2.45, 2.75) is 69.1 Å². The van der Waals surface area contributed by atoms with Gasteiger partial charge in [-0.05, 0) is 49.8 Å². The standard InChI is InChI=1S/C33H46N12O5S/c34-20(10-6-16-40-32(36)37)28(48)43-23(14-15-26(35)46)29(49)44-24(18-19-8-2-1-3-9-19)30(50)42-22(12-7-17-41-33(38)39)27(47)31-45-21-11-4-5-13-25(21)51-31/h1-5,8-9,11,13,20,22-24H,6-7,10,12,14-18,34H2,(H2,35,46)(H,42,50)(H,43,48)(H,44,49)(H4,36,37,40)(H4,38,39,41)/t20-,22-,23-,24-/m0/s1. The van der Waals surface area contributed by atoms with Crippen LogP contribution in [0.2, 0.25) is 0 Å². The van der Waals surface area contributed by atoms with Crippen LogP contribution in [-0.2, 0) is 25.6 Å². The Kier molecular flexibility index (Phi) is 15.7. The summed E-state index contributed by atoms with van der Waals surface area (Å²) < 4.78 is 0.804. The van der Waals surface area contributed by atoms with E-state index >= 15 is 0 Å². The molecular formula is C33H46N12O5S. The minimum Gasteiger partial charge on any atom is -0.370 e. The molecule has 1 heterocycles. The summed E-state index contributed by atoms with van der Waals surface area (Å²) in [5, 5.41) is 8.28. The van der Waals surface area contributed by atoms with Gasteiger partial charge in [-0.1, -0.05) is 42.5 Å². The van der Waals surface area contributed by atoms with Gasteiger partial charge in [-0.3, -0.25) is 34.0 Å². The number of carbonyl (C=O) groups is 5. The van der Waals surface area contributed by atoms with E-state index in [0.717, 1.165) is 4.70 Å². The van der Waals surface area contributed by atoms with Crippen molar-refractivity contribution >= 4 is 62.9 Å². The predicted octanol–water partition coefficient (Wildman–Crippen LogP) is -1.12. The number of thiazole rings is 1. The monoisotopic (exact) mass is 722 g/mol. The van der Waals surface area contributed by atoms with Crippen LogP contribution in [0.1, 0.15) is 53.9 Å². The van der Waals surface area contributed by atoms with Gasteiger partial charge in [0, 0.05) is 25.9 Å². The summed E-state index contributed by atoms with van der Waals surface area (Å²) >= 11 is 1.20. The van der Waals surface area contributed by atoms with E-state index in [9.17, 15) is 24.0 Å². The van der Waals surface area contributed by atoms with Crippen molar-refractivity contribution in [3.8, 4) is 0 Å². The number of rotatable bonds is 21. The van der Waals surface area contributed by atoms with E-state index in [4.69, 9.17) is 34.4 Å². The topological polar surface area (TPSA) is 315 Å². The number of nitrogens with zero attached hydrogens (tertiary/aromatic N) is 3. The first-order chi connectivity index (χ1) is 24.3. The molecule has 0 bridgehead atoms. The van der Waals surface area contributed by atoms with Crippen molar-refractivity contribution < 1.29 is 24.0 Å². The Morgan fingerprint density at radius 2 is 1.25 bits per heavy atom. The Balaban J connectivity index is 1.84. The first kappa shape index (κ1) is 39.8. The molecule has 17 nitrogen and oxygen atoms in total. The van der Waals surface area contributed by atoms with E-state index in [0.29, 0.717) is 23.9 Å². The van der Waals surface area contributed by atoms with Gasteiger partial charge in [0.2, 0.25) is 29.4 Å². The van der Waals surface area contributed by atoms with Crippen LogP contribution in [0.3, 0.4) is 0 Å². The zero-order valence-electron chi connectivity index (χ0n) is 28.1. The van der Waals surface area contributed by atoms with E-state index in [1.54, 1.807) is 36.4 Å². The smallest absolute Gasteiger partial charge is 0.243 e. The van der Waals surface area contributed by atoms with Crippen LogP contribution in [0.5, 0.6) is 0 Å². The molecule has 0 saturated heterocycles. The lowest BCUT2D eigenvalue weighted by Gasteiger charge is -2.26. The number of aromatic nitrogens is 1. The number of hydrogen-bond acceptors (Lipinski definition) is 10. The van der Waals surface area contributed by atoms with E-state index in [-0.39, 0.29) is 62.1 Å². The number of carbonyl (C=O) groups excluding carboxylic acids is 5. The number of aliphatic imine (C=N–C) groups is 2. The summed E-state index contributed by atoms with van der Waals surface area (Å²) in [7, 11) is 0. The summed E-state index contributed by atoms with van der Waals surface area (Å²) in [4.78, 5) is 78.4. The van der Waals surface area contributed by atoms with Gasteiger partial charge < -0.3 is 50.4 Å². The normalized spacial score (nSPS) is 13.2. The number of fused-ring (bicyclic) bond motifs is 1. The number of primary amides is 1. The van der Waals surface area contributed by atoms with Gasteiger partial charge in [0.1, 0.15) is 12.1 Å². The Bertz CT molecular complexity index is 1670. The van der Waals surface area contributed by atoms with Crippen molar-refractivity contribution in [3.05, 3.63) is 65.2 Å². The second-order valence-electron chi connectivity index (χ2n) is 11.7. The van der Waals surface area contributed by atoms with Crippen LogP contribution in [-0.4, -0.2) is 83.6 Å². The molecule has 0 unspecified atom stereocenters. The number of para-hydroxylation sites is 1. The van der Waals surface area contributed by atoms with Crippen LogP contribution in [0.25, 0.3) is 10.2 Å². The minimum absolute atomic E-state index is 0.0370. The van der Waals surface area contributed by atoms with E-state index in [1.807, 2.05) is 18.2 Å². The fourth-order valence-electron chi connectivity index (χ4n) is 4.99. The fraction of sp³-hybridized carbons (Fsp3) is 0.394. The molecule has 18 heteroatoms. The van der Waals surface area contributed by atoms with Crippen molar-refractivity contribution in [1.29, 1.82) is 0 Å². The van der Waals surface area contributed by atoms with Crippen molar-refractivity contribution in [2.75, 3.05) is 13.1 Å². The number of Topliss-reactive ketones (excluding diaryl/α,β-unsaturated/α-hetero) is 1. The second-order valence-corrected chi connectivity index (χ2v) is 12.8. The number of benzene rings is 2. The molecule has 0 spiro atoms. The maximum atomic E-state index is 14.0. The highest BCUT2D eigenvalue weighted by molar-refractivity contribution is 7.20. The van der Waals surface area contributed by atoms with Gasteiger partial charge in [0.15, 0.2) is 16.9 Å². The van der Waals surface area contributed by atoms with Crippen LogP contribution in [0.4, 0.5) is 0 Å². The van der Waals surface area contributed by atoms with Gasteiger partial charge in [0.05, 0.1) is 22.3 Å². The average molecular weight is 723 g/mol. The van der Waals surface area contributed by atoms with Gasteiger partial charge in [0.25, 0.3) is 0 Å². The summed E-state index contributed by atoms with van der Waals surface area (Å²) in [5.41, 5.74) is 34.3. The third-order valence-electron chi connectivity index (χ3n) is 7.62. The number of amides is 4. The molecule has 2 aromatic carbocycles. The van der Waals surface area contributed by atoms with E-state index in [1.165, 1.54) is 11.3 Å². The van der Waals surface area contributed by atoms with Crippen LogP contribution in [0.15, 0.2) is 64.6 Å². The molecule has 1 aromatic heterocycles. The number of guanidine groups is 2. The van der Waals surface area contributed by atoms with Gasteiger partial charge in [-0.2, -0.15) is 0 Å². The Hall–Kier alpha value is -5.62. The zero-order valence-corrected chi connectivity index (χ0v) is 28.9. The highest BCUT2D eigenvalue weighted by Crippen LogP contribution is 2.23. The molecule has 3 rings (SSSR count). The lowest BCUT2D eigenvalue weighted by atomic mass is 10.0. The number of ketones is 1. The predicted molar refractivity (Wildman–Crippen MR) is 196 cm³/mol. The van der Waals surface area contributed by atoms with E-state index in [2.05, 4.69) is 30.9 Å². The summed E-state index contributed by atoms with van der Waals surface area (Å²) in [6.45, 7) is 0.464. The molecule has 0 radical (unpaired) electrons. The summed E-state index contributed by atoms with van der Waals surface area (Å²) in [6, 6.07) is 11.7.